The van der Waals surface area contributed by atoms with E-state index in [1.54, 1.807) is 0 Å². The SMILES string of the molecule is CCCNC(=O)N1CC(C)OCC1C. The molecule has 1 aliphatic heterocycles. The van der Waals surface area contributed by atoms with Crippen LogP contribution in [0.15, 0.2) is 0 Å². The van der Waals surface area contributed by atoms with Crippen LogP contribution in [0.4, 0.5) is 4.79 Å². The van der Waals surface area contributed by atoms with Crippen molar-refractivity contribution in [3.8, 4) is 0 Å². The average molecular weight is 200 g/mol. The highest BCUT2D eigenvalue weighted by molar-refractivity contribution is 5.74. The molecule has 0 saturated carbocycles. The van der Waals surface area contributed by atoms with Gasteiger partial charge in [0.15, 0.2) is 0 Å². The fourth-order valence-corrected chi connectivity index (χ4v) is 1.52. The van der Waals surface area contributed by atoms with Crippen LogP contribution in [0, 0.1) is 0 Å². The number of ether oxygens (including phenoxy) is 1. The Balaban J connectivity index is 2.43. The summed E-state index contributed by atoms with van der Waals surface area (Å²) >= 11 is 0. The zero-order valence-electron chi connectivity index (χ0n) is 9.25. The van der Waals surface area contributed by atoms with Gasteiger partial charge in [-0.2, -0.15) is 0 Å². The van der Waals surface area contributed by atoms with Crippen LogP contribution in [0.5, 0.6) is 0 Å². The summed E-state index contributed by atoms with van der Waals surface area (Å²) in [4.78, 5) is 13.5. The number of morpholine rings is 1. The van der Waals surface area contributed by atoms with E-state index in [1.807, 2.05) is 25.7 Å². The van der Waals surface area contributed by atoms with Gasteiger partial charge in [0.1, 0.15) is 0 Å². The molecule has 1 heterocycles. The van der Waals surface area contributed by atoms with Gasteiger partial charge in [-0.3, -0.25) is 0 Å². The quantitative estimate of drug-likeness (QED) is 0.728. The number of urea groups is 1. The van der Waals surface area contributed by atoms with Crippen LogP contribution in [-0.4, -0.2) is 42.8 Å². The first kappa shape index (κ1) is 11.3. The summed E-state index contributed by atoms with van der Waals surface area (Å²) in [5, 5.41) is 2.88. The van der Waals surface area contributed by atoms with E-state index in [0.717, 1.165) is 13.0 Å². The molecule has 2 amide bonds. The molecule has 82 valence electrons. The zero-order valence-corrected chi connectivity index (χ0v) is 9.25. The number of nitrogens with zero attached hydrogens (tertiary/aromatic N) is 1. The molecule has 0 aromatic heterocycles. The van der Waals surface area contributed by atoms with Crippen molar-refractivity contribution in [2.45, 2.75) is 39.3 Å². The molecule has 1 rings (SSSR count). The maximum atomic E-state index is 11.7. The topological polar surface area (TPSA) is 41.6 Å². The summed E-state index contributed by atoms with van der Waals surface area (Å²) in [7, 11) is 0. The van der Waals surface area contributed by atoms with Crippen molar-refractivity contribution < 1.29 is 9.53 Å². The summed E-state index contributed by atoms with van der Waals surface area (Å²) in [6, 6.07) is 0.220. The second kappa shape index (κ2) is 5.20. The molecule has 1 fully saturated rings. The zero-order chi connectivity index (χ0) is 10.6. The maximum absolute atomic E-state index is 11.7. The third-order valence-corrected chi connectivity index (χ3v) is 2.39. The number of amides is 2. The highest BCUT2D eigenvalue weighted by Gasteiger charge is 2.26. The standard InChI is InChI=1S/C10H20N2O2/c1-4-5-11-10(13)12-6-9(3)14-7-8(12)2/h8-9H,4-7H2,1-3H3,(H,11,13). The molecule has 14 heavy (non-hydrogen) atoms. The molecule has 1 aliphatic rings. The molecule has 0 aliphatic carbocycles. The monoisotopic (exact) mass is 200 g/mol. The fraction of sp³-hybridized carbons (Fsp3) is 0.900. The molecule has 4 heteroatoms. The first-order chi connectivity index (χ1) is 6.65. The second-order valence-corrected chi connectivity index (χ2v) is 3.88. The Labute approximate surface area is 85.6 Å². The van der Waals surface area contributed by atoms with E-state index in [1.165, 1.54) is 0 Å². The lowest BCUT2D eigenvalue weighted by Crippen LogP contribution is -2.53. The maximum Gasteiger partial charge on any atom is 0.317 e. The molecule has 0 radical (unpaired) electrons. The van der Waals surface area contributed by atoms with Gasteiger partial charge in [-0.15, -0.1) is 0 Å². The van der Waals surface area contributed by atoms with Gasteiger partial charge < -0.3 is 15.0 Å². The van der Waals surface area contributed by atoms with Crippen LogP contribution in [0.3, 0.4) is 0 Å². The Morgan fingerprint density at radius 2 is 2.29 bits per heavy atom. The van der Waals surface area contributed by atoms with Crippen molar-refractivity contribution in [2.24, 2.45) is 0 Å². The molecule has 0 aromatic rings. The Hall–Kier alpha value is -0.770. The molecule has 0 aromatic carbocycles. The average Bonchev–Trinajstić information content (AvgIpc) is 2.18. The number of nitrogens with one attached hydrogen (secondary N) is 1. The Kier molecular flexibility index (Phi) is 4.20. The van der Waals surface area contributed by atoms with E-state index < -0.39 is 0 Å². The van der Waals surface area contributed by atoms with Crippen LogP contribution in [-0.2, 0) is 4.74 Å². The molecule has 1 saturated heterocycles. The van der Waals surface area contributed by atoms with E-state index in [4.69, 9.17) is 4.74 Å². The lowest BCUT2D eigenvalue weighted by molar-refractivity contribution is -0.0317. The molecule has 2 atom stereocenters. The number of rotatable bonds is 2. The van der Waals surface area contributed by atoms with Gasteiger partial charge in [0.2, 0.25) is 0 Å². The third kappa shape index (κ3) is 2.87. The van der Waals surface area contributed by atoms with Crippen LogP contribution in [0.1, 0.15) is 27.2 Å². The van der Waals surface area contributed by atoms with Gasteiger partial charge in [-0.1, -0.05) is 6.92 Å². The van der Waals surface area contributed by atoms with Crippen LogP contribution in [0.2, 0.25) is 0 Å². The van der Waals surface area contributed by atoms with Crippen molar-refractivity contribution in [2.75, 3.05) is 19.7 Å². The minimum atomic E-state index is 0.0366. The van der Waals surface area contributed by atoms with Crippen molar-refractivity contribution in [3.63, 3.8) is 0 Å². The van der Waals surface area contributed by atoms with Gasteiger partial charge in [0, 0.05) is 13.1 Å². The molecule has 0 bridgehead atoms. The Morgan fingerprint density at radius 1 is 1.57 bits per heavy atom. The molecule has 2 unspecified atom stereocenters. The molecular weight excluding hydrogens is 180 g/mol. The minimum absolute atomic E-state index is 0.0366. The fourth-order valence-electron chi connectivity index (χ4n) is 1.52. The van der Waals surface area contributed by atoms with Gasteiger partial charge in [-0.25, -0.2) is 4.79 Å². The highest BCUT2D eigenvalue weighted by atomic mass is 16.5. The normalized spacial score (nSPS) is 27.5. The molecule has 1 N–H and O–H groups in total. The minimum Gasteiger partial charge on any atom is -0.375 e. The van der Waals surface area contributed by atoms with Gasteiger partial charge >= 0.3 is 6.03 Å². The lowest BCUT2D eigenvalue weighted by Gasteiger charge is -2.36. The number of carbonyl (C=O) groups is 1. The van der Waals surface area contributed by atoms with Crippen LogP contribution in [0.25, 0.3) is 0 Å². The van der Waals surface area contributed by atoms with Crippen molar-refractivity contribution in [1.29, 1.82) is 0 Å². The van der Waals surface area contributed by atoms with E-state index in [0.29, 0.717) is 13.2 Å². The molecule has 0 spiro atoms. The van der Waals surface area contributed by atoms with Crippen LogP contribution < -0.4 is 5.32 Å². The predicted octanol–water partition coefficient (Wildman–Crippen LogP) is 1.22. The summed E-state index contributed by atoms with van der Waals surface area (Å²) in [5.41, 5.74) is 0. The van der Waals surface area contributed by atoms with E-state index in [9.17, 15) is 4.79 Å². The largest absolute Gasteiger partial charge is 0.375 e. The van der Waals surface area contributed by atoms with E-state index >= 15 is 0 Å². The third-order valence-electron chi connectivity index (χ3n) is 2.39. The van der Waals surface area contributed by atoms with Crippen molar-refractivity contribution in [3.05, 3.63) is 0 Å². The smallest absolute Gasteiger partial charge is 0.317 e. The molecular formula is C10H20N2O2. The predicted molar refractivity (Wildman–Crippen MR) is 55.3 cm³/mol. The van der Waals surface area contributed by atoms with Crippen LogP contribution >= 0.6 is 0 Å². The summed E-state index contributed by atoms with van der Waals surface area (Å²) in [6.45, 7) is 8.13. The number of carbonyl (C=O) groups excluding carboxylic acids is 1. The first-order valence-electron chi connectivity index (χ1n) is 5.31. The first-order valence-corrected chi connectivity index (χ1v) is 5.31. The van der Waals surface area contributed by atoms with Gasteiger partial charge in [-0.05, 0) is 20.3 Å². The Bertz CT molecular complexity index is 197. The second-order valence-electron chi connectivity index (χ2n) is 3.88. The highest BCUT2D eigenvalue weighted by Crippen LogP contribution is 2.10. The van der Waals surface area contributed by atoms with Gasteiger partial charge in [0.05, 0.1) is 18.8 Å². The van der Waals surface area contributed by atoms with Crippen molar-refractivity contribution in [1.82, 2.24) is 10.2 Å². The summed E-state index contributed by atoms with van der Waals surface area (Å²) < 4.78 is 5.45. The number of hydrogen-bond acceptors (Lipinski definition) is 2. The van der Waals surface area contributed by atoms with Gasteiger partial charge in [0.25, 0.3) is 0 Å². The summed E-state index contributed by atoms with van der Waals surface area (Å²) in [5.74, 6) is 0. The van der Waals surface area contributed by atoms with E-state index in [-0.39, 0.29) is 18.2 Å². The van der Waals surface area contributed by atoms with Crippen molar-refractivity contribution >= 4 is 6.03 Å². The lowest BCUT2D eigenvalue weighted by atomic mass is 10.2. The molecule has 4 nitrogen and oxygen atoms in total. The number of hydrogen-bond donors (Lipinski definition) is 1. The summed E-state index contributed by atoms with van der Waals surface area (Å²) in [6.07, 6.45) is 1.12. The van der Waals surface area contributed by atoms with E-state index in [2.05, 4.69) is 5.32 Å². The Morgan fingerprint density at radius 3 is 2.93 bits per heavy atom.